The lowest BCUT2D eigenvalue weighted by atomic mass is 9.76. The largest absolute Gasteiger partial charge is 0.469 e. The number of nitrogens with one attached hydrogen (secondary N) is 1. The Kier molecular flexibility index (Phi) is 12.5. The summed E-state index contributed by atoms with van der Waals surface area (Å²) in [5.41, 5.74) is -0.311. The number of ether oxygens (including phenoxy) is 2. The molecule has 0 radical (unpaired) electrons. The SMILES string of the molecule is CCCC(C)(CCC(C)(CCCCCC(C)(CCC)OC)C(=O)OC)NC. The molecular formula is C23H47NO3. The second-order valence-electron chi connectivity index (χ2n) is 9.08. The first-order valence-electron chi connectivity index (χ1n) is 11.0. The zero-order valence-corrected chi connectivity index (χ0v) is 19.5. The average Bonchev–Trinajstić information content (AvgIpc) is 2.66. The summed E-state index contributed by atoms with van der Waals surface area (Å²) in [6.07, 6.45) is 11.7. The van der Waals surface area contributed by atoms with E-state index in [9.17, 15) is 4.79 Å². The van der Waals surface area contributed by atoms with Gasteiger partial charge in [0.05, 0.1) is 18.1 Å². The molecule has 4 heteroatoms. The van der Waals surface area contributed by atoms with E-state index in [0.29, 0.717) is 0 Å². The molecule has 0 aliphatic carbocycles. The topological polar surface area (TPSA) is 47.6 Å². The fraction of sp³-hybridized carbons (Fsp3) is 0.957. The summed E-state index contributed by atoms with van der Waals surface area (Å²) >= 11 is 0. The predicted octanol–water partition coefficient (Wildman–Crippen LogP) is 5.88. The van der Waals surface area contributed by atoms with E-state index in [1.165, 1.54) is 7.11 Å². The Bertz CT molecular complexity index is 414. The third-order valence-electron chi connectivity index (χ3n) is 6.52. The molecule has 3 unspecified atom stereocenters. The van der Waals surface area contributed by atoms with E-state index in [0.717, 1.165) is 70.6 Å². The number of unbranched alkanes of at least 4 members (excludes halogenated alkanes) is 2. The number of carbonyl (C=O) groups excluding carboxylic acids is 1. The van der Waals surface area contributed by atoms with Crippen molar-refractivity contribution in [2.45, 2.75) is 116 Å². The maximum Gasteiger partial charge on any atom is 0.311 e. The van der Waals surface area contributed by atoms with E-state index in [2.05, 4.69) is 39.9 Å². The van der Waals surface area contributed by atoms with Crippen LogP contribution in [0.4, 0.5) is 0 Å². The Morgan fingerprint density at radius 1 is 0.815 bits per heavy atom. The molecule has 0 saturated carbocycles. The first-order chi connectivity index (χ1) is 12.6. The van der Waals surface area contributed by atoms with E-state index < -0.39 is 5.41 Å². The Labute approximate surface area is 169 Å². The van der Waals surface area contributed by atoms with E-state index in [1.807, 2.05) is 14.2 Å². The average molecular weight is 386 g/mol. The van der Waals surface area contributed by atoms with Gasteiger partial charge in [-0.1, -0.05) is 46.0 Å². The van der Waals surface area contributed by atoms with Crippen molar-refractivity contribution < 1.29 is 14.3 Å². The standard InChI is InChI=1S/C23H47NO3/c1-9-14-22(4,24-6)19-18-21(3,20(25)26-7)16-12-11-13-17-23(5,27-8)15-10-2/h24H,9-19H2,1-8H3. The van der Waals surface area contributed by atoms with Gasteiger partial charge >= 0.3 is 5.97 Å². The van der Waals surface area contributed by atoms with Crippen LogP contribution in [0.2, 0.25) is 0 Å². The number of rotatable bonds is 16. The molecule has 3 atom stereocenters. The molecule has 4 nitrogen and oxygen atoms in total. The molecular weight excluding hydrogens is 338 g/mol. The summed E-state index contributed by atoms with van der Waals surface area (Å²) < 4.78 is 10.9. The van der Waals surface area contributed by atoms with Gasteiger partial charge in [-0.2, -0.15) is 0 Å². The summed E-state index contributed by atoms with van der Waals surface area (Å²) in [6, 6.07) is 0. The van der Waals surface area contributed by atoms with Gasteiger partial charge in [-0.15, -0.1) is 0 Å². The number of methoxy groups -OCH3 is 2. The summed E-state index contributed by atoms with van der Waals surface area (Å²) in [5.74, 6) is -0.0647. The lowest BCUT2D eigenvalue weighted by Crippen LogP contribution is -2.42. The van der Waals surface area contributed by atoms with Gasteiger partial charge < -0.3 is 14.8 Å². The minimum absolute atomic E-state index is 0.00480. The van der Waals surface area contributed by atoms with Crippen LogP contribution in [-0.4, -0.2) is 38.4 Å². The van der Waals surface area contributed by atoms with Crippen LogP contribution in [0.5, 0.6) is 0 Å². The van der Waals surface area contributed by atoms with Crippen molar-refractivity contribution in [2.24, 2.45) is 5.41 Å². The summed E-state index contributed by atoms with van der Waals surface area (Å²) in [6.45, 7) is 11.0. The molecule has 0 spiro atoms. The van der Waals surface area contributed by atoms with E-state index in [4.69, 9.17) is 9.47 Å². The Hall–Kier alpha value is -0.610. The summed E-state index contributed by atoms with van der Waals surface area (Å²) in [5, 5.41) is 3.45. The quantitative estimate of drug-likeness (QED) is 0.266. The molecule has 0 amide bonds. The molecule has 0 aromatic heterocycles. The molecule has 0 aliphatic heterocycles. The van der Waals surface area contributed by atoms with Crippen molar-refractivity contribution in [3.63, 3.8) is 0 Å². The van der Waals surface area contributed by atoms with Gasteiger partial charge in [-0.05, 0) is 66.3 Å². The summed E-state index contributed by atoms with van der Waals surface area (Å²) in [7, 11) is 5.35. The van der Waals surface area contributed by atoms with Crippen LogP contribution in [0.25, 0.3) is 0 Å². The van der Waals surface area contributed by atoms with Gasteiger partial charge in [-0.3, -0.25) is 4.79 Å². The molecule has 0 aromatic rings. The second-order valence-corrected chi connectivity index (χ2v) is 9.08. The molecule has 0 fully saturated rings. The number of esters is 1. The second kappa shape index (κ2) is 12.8. The van der Waals surface area contributed by atoms with Crippen LogP contribution in [-0.2, 0) is 14.3 Å². The van der Waals surface area contributed by atoms with Crippen LogP contribution >= 0.6 is 0 Å². The molecule has 27 heavy (non-hydrogen) atoms. The van der Waals surface area contributed by atoms with Crippen LogP contribution < -0.4 is 5.32 Å². The number of carbonyl (C=O) groups is 1. The van der Waals surface area contributed by atoms with Crippen molar-refractivity contribution in [2.75, 3.05) is 21.3 Å². The van der Waals surface area contributed by atoms with Crippen molar-refractivity contribution in [3.8, 4) is 0 Å². The summed E-state index contributed by atoms with van der Waals surface area (Å²) in [4.78, 5) is 12.5. The Morgan fingerprint density at radius 3 is 1.89 bits per heavy atom. The van der Waals surface area contributed by atoms with Gasteiger partial charge in [0.15, 0.2) is 0 Å². The molecule has 162 valence electrons. The van der Waals surface area contributed by atoms with Crippen molar-refractivity contribution in [1.29, 1.82) is 0 Å². The molecule has 0 saturated heterocycles. The maximum atomic E-state index is 12.5. The zero-order chi connectivity index (χ0) is 21.0. The van der Waals surface area contributed by atoms with Gasteiger partial charge in [0, 0.05) is 12.6 Å². The fourth-order valence-corrected chi connectivity index (χ4v) is 4.10. The van der Waals surface area contributed by atoms with Crippen LogP contribution in [0.1, 0.15) is 105 Å². The van der Waals surface area contributed by atoms with E-state index in [-0.39, 0.29) is 17.1 Å². The fourth-order valence-electron chi connectivity index (χ4n) is 4.10. The monoisotopic (exact) mass is 385 g/mol. The van der Waals surface area contributed by atoms with Crippen molar-refractivity contribution in [3.05, 3.63) is 0 Å². The molecule has 0 heterocycles. The highest BCUT2D eigenvalue weighted by molar-refractivity contribution is 5.76. The smallest absolute Gasteiger partial charge is 0.311 e. The Morgan fingerprint density at radius 2 is 1.41 bits per heavy atom. The highest BCUT2D eigenvalue weighted by atomic mass is 16.5. The molecule has 0 rings (SSSR count). The van der Waals surface area contributed by atoms with E-state index >= 15 is 0 Å². The van der Waals surface area contributed by atoms with Crippen LogP contribution in [0.3, 0.4) is 0 Å². The number of hydrogen-bond acceptors (Lipinski definition) is 4. The van der Waals surface area contributed by atoms with E-state index in [1.54, 1.807) is 0 Å². The van der Waals surface area contributed by atoms with Crippen molar-refractivity contribution in [1.82, 2.24) is 5.32 Å². The predicted molar refractivity (Wildman–Crippen MR) is 115 cm³/mol. The Balaban J connectivity index is 4.63. The third kappa shape index (κ3) is 9.43. The minimum Gasteiger partial charge on any atom is -0.469 e. The number of hydrogen-bond donors (Lipinski definition) is 1. The minimum atomic E-state index is -0.394. The molecule has 0 bridgehead atoms. The highest BCUT2D eigenvalue weighted by Gasteiger charge is 2.36. The molecule has 0 aromatic carbocycles. The van der Waals surface area contributed by atoms with Gasteiger partial charge in [0.1, 0.15) is 0 Å². The normalized spacial score (nSPS) is 18.4. The van der Waals surface area contributed by atoms with Gasteiger partial charge in [0.2, 0.25) is 0 Å². The first-order valence-corrected chi connectivity index (χ1v) is 11.0. The van der Waals surface area contributed by atoms with Crippen LogP contribution in [0.15, 0.2) is 0 Å². The van der Waals surface area contributed by atoms with Crippen LogP contribution in [0, 0.1) is 5.41 Å². The lowest BCUT2D eigenvalue weighted by Gasteiger charge is -2.34. The highest BCUT2D eigenvalue weighted by Crippen LogP contribution is 2.35. The maximum absolute atomic E-state index is 12.5. The van der Waals surface area contributed by atoms with Gasteiger partial charge in [0.25, 0.3) is 0 Å². The van der Waals surface area contributed by atoms with Crippen molar-refractivity contribution >= 4 is 5.97 Å². The lowest BCUT2D eigenvalue weighted by molar-refractivity contribution is -0.153. The molecule has 1 N–H and O–H groups in total. The third-order valence-corrected chi connectivity index (χ3v) is 6.52. The molecule has 0 aliphatic rings. The van der Waals surface area contributed by atoms with Gasteiger partial charge in [-0.25, -0.2) is 0 Å². The first kappa shape index (κ1) is 26.4. The zero-order valence-electron chi connectivity index (χ0n) is 19.5.